The molecule has 0 fully saturated rings. The predicted molar refractivity (Wildman–Crippen MR) is 61.3 cm³/mol. The first-order valence-corrected chi connectivity index (χ1v) is 5.40. The number of rotatable bonds is 2. The van der Waals surface area contributed by atoms with Crippen molar-refractivity contribution in [1.29, 1.82) is 0 Å². The molecule has 0 bridgehead atoms. The highest BCUT2D eigenvalue weighted by molar-refractivity contribution is 6.30. The molecule has 7 heteroatoms. The number of aromatic nitrogens is 1. The molecule has 2 rings (SSSR count). The molecule has 0 saturated carbocycles. The maximum absolute atomic E-state index is 13.6. The molecule has 0 aliphatic heterocycles. The summed E-state index contributed by atoms with van der Waals surface area (Å²) < 4.78 is 53.6. The van der Waals surface area contributed by atoms with Gasteiger partial charge >= 0.3 is 6.36 Å². The van der Waals surface area contributed by atoms with Gasteiger partial charge < -0.3 is 4.74 Å². The fourth-order valence-electron chi connectivity index (χ4n) is 1.47. The maximum atomic E-state index is 13.6. The summed E-state index contributed by atoms with van der Waals surface area (Å²) in [5, 5.41) is 0.101. The molecule has 1 heterocycles. The molecule has 0 unspecified atom stereocenters. The highest BCUT2D eigenvalue weighted by Gasteiger charge is 2.31. The molecular weight excluding hydrogens is 286 g/mol. The van der Waals surface area contributed by atoms with E-state index in [4.69, 9.17) is 11.6 Å². The standard InChI is InChI=1S/C12H6ClF4NO/c13-8-5-10(14)11(18-6-8)7-2-1-3-9(4-7)19-12(15,16)17/h1-6H. The molecule has 0 amide bonds. The Balaban J connectivity index is 2.38. The van der Waals surface area contributed by atoms with Gasteiger partial charge in [0.1, 0.15) is 11.4 Å². The molecule has 2 aromatic rings. The van der Waals surface area contributed by atoms with Crippen molar-refractivity contribution in [3.05, 3.63) is 47.4 Å². The van der Waals surface area contributed by atoms with E-state index in [0.29, 0.717) is 0 Å². The largest absolute Gasteiger partial charge is 0.573 e. The Bertz CT molecular complexity index is 601. The SMILES string of the molecule is Fc1cc(Cl)cnc1-c1cccc(OC(F)(F)F)c1. The average Bonchev–Trinajstić information content (AvgIpc) is 2.26. The number of benzene rings is 1. The highest BCUT2D eigenvalue weighted by Crippen LogP contribution is 2.28. The van der Waals surface area contributed by atoms with E-state index in [-0.39, 0.29) is 16.3 Å². The van der Waals surface area contributed by atoms with Crippen LogP contribution in [-0.4, -0.2) is 11.3 Å². The van der Waals surface area contributed by atoms with Crippen molar-refractivity contribution in [2.75, 3.05) is 0 Å². The van der Waals surface area contributed by atoms with Crippen LogP contribution >= 0.6 is 11.6 Å². The summed E-state index contributed by atoms with van der Waals surface area (Å²) in [7, 11) is 0. The van der Waals surface area contributed by atoms with E-state index >= 15 is 0 Å². The molecule has 1 aromatic heterocycles. The van der Waals surface area contributed by atoms with Gasteiger partial charge in [0, 0.05) is 11.8 Å². The third kappa shape index (κ3) is 3.57. The van der Waals surface area contributed by atoms with Crippen LogP contribution in [0.3, 0.4) is 0 Å². The summed E-state index contributed by atoms with van der Waals surface area (Å²) >= 11 is 5.55. The van der Waals surface area contributed by atoms with E-state index in [1.165, 1.54) is 18.3 Å². The molecule has 0 saturated heterocycles. The Morgan fingerprint density at radius 1 is 1.16 bits per heavy atom. The van der Waals surface area contributed by atoms with Gasteiger partial charge in [-0.05, 0) is 18.2 Å². The maximum Gasteiger partial charge on any atom is 0.573 e. The van der Waals surface area contributed by atoms with E-state index in [2.05, 4.69) is 9.72 Å². The number of pyridine rings is 1. The summed E-state index contributed by atoms with van der Waals surface area (Å²) in [5.74, 6) is -1.17. The van der Waals surface area contributed by atoms with Gasteiger partial charge in [0.05, 0.1) is 5.02 Å². The van der Waals surface area contributed by atoms with Crippen LogP contribution in [0, 0.1) is 5.82 Å². The number of hydrogen-bond acceptors (Lipinski definition) is 2. The second-order valence-electron chi connectivity index (χ2n) is 3.56. The van der Waals surface area contributed by atoms with Gasteiger partial charge in [-0.2, -0.15) is 0 Å². The quantitative estimate of drug-likeness (QED) is 0.763. The normalized spacial score (nSPS) is 11.4. The van der Waals surface area contributed by atoms with E-state index in [0.717, 1.165) is 18.2 Å². The highest BCUT2D eigenvalue weighted by atomic mass is 35.5. The summed E-state index contributed by atoms with van der Waals surface area (Å²) in [5.41, 5.74) is 0.0629. The van der Waals surface area contributed by atoms with E-state index in [1.54, 1.807) is 0 Å². The first-order chi connectivity index (χ1) is 8.85. The van der Waals surface area contributed by atoms with Gasteiger partial charge in [-0.1, -0.05) is 23.7 Å². The average molecular weight is 292 g/mol. The lowest BCUT2D eigenvalue weighted by Crippen LogP contribution is -2.17. The summed E-state index contributed by atoms with van der Waals surface area (Å²) in [6.45, 7) is 0. The van der Waals surface area contributed by atoms with Gasteiger partial charge in [-0.25, -0.2) is 4.39 Å². The van der Waals surface area contributed by atoms with Gasteiger partial charge in [0.25, 0.3) is 0 Å². The van der Waals surface area contributed by atoms with Crippen molar-refractivity contribution >= 4 is 11.6 Å². The zero-order chi connectivity index (χ0) is 14.0. The third-order valence-corrected chi connectivity index (χ3v) is 2.36. The topological polar surface area (TPSA) is 22.1 Å². The minimum Gasteiger partial charge on any atom is -0.406 e. The Kier molecular flexibility index (Phi) is 3.61. The van der Waals surface area contributed by atoms with Crippen molar-refractivity contribution in [1.82, 2.24) is 4.98 Å². The van der Waals surface area contributed by atoms with Crippen molar-refractivity contribution in [2.24, 2.45) is 0 Å². The van der Waals surface area contributed by atoms with Crippen LogP contribution < -0.4 is 4.74 Å². The summed E-state index contributed by atoms with van der Waals surface area (Å²) in [6.07, 6.45) is -3.60. The molecule has 100 valence electrons. The molecule has 0 N–H and O–H groups in total. The van der Waals surface area contributed by atoms with Crippen LogP contribution in [0.5, 0.6) is 5.75 Å². The Morgan fingerprint density at radius 3 is 2.53 bits per heavy atom. The van der Waals surface area contributed by atoms with Crippen LogP contribution in [-0.2, 0) is 0 Å². The van der Waals surface area contributed by atoms with Crippen LogP contribution in [0.15, 0.2) is 36.5 Å². The van der Waals surface area contributed by atoms with E-state index in [9.17, 15) is 17.6 Å². The number of halogens is 5. The third-order valence-electron chi connectivity index (χ3n) is 2.15. The van der Waals surface area contributed by atoms with Crippen molar-refractivity contribution < 1.29 is 22.3 Å². The summed E-state index contributed by atoms with van der Waals surface area (Å²) in [4.78, 5) is 3.74. The van der Waals surface area contributed by atoms with E-state index < -0.39 is 17.9 Å². The molecule has 0 atom stereocenters. The minimum absolute atomic E-state index is 0.1000. The monoisotopic (exact) mass is 291 g/mol. The van der Waals surface area contributed by atoms with Gasteiger partial charge in [0.15, 0.2) is 5.82 Å². The lowest BCUT2D eigenvalue weighted by molar-refractivity contribution is -0.274. The number of nitrogens with zero attached hydrogens (tertiary/aromatic N) is 1. The molecule has 0 aliphatic rings. The first kappa shape index (κ1) is 13.6. The van der Waals surface area contributed by atoms with Crippen LogP contribution in [0.4, 0.5) is 17.6 Å². The van der Waals surface area contributed by atoms with Gasteiger partial charge in [-0.3, -0.25) is 4.98 Å². The lowest BCUT2D eigenvalue weighted by atomic mass is 10.1. The second-order valence-corrected chi connectivity index (χ2v) is 4.00. The van der Waals surface area contributed by atoms with Crippen molar-refractivity contribution in [3.8, 4) is 17.0 Å². The molecule has 0 spiro atoms. The number of hydrogen-bond donors (Lipinski definition) is 0. The Hall–Kier alpha value is -1.82. The van der Waals surface area contributed by atoms with Gasteiger partial charge in [0.2, 0.25) is 0 Å². The zero-order valence-corrected chi connectivity index (χ0v) is 9.97. The first-order valence-electron chi connectivity index (χ1n) is 5.02. The number of alkyl halides is 3. The molecule has 0 radical (unpaired) electrons. The molecule has 0 aliphatic carbocycles. The molecule has 19 heavy (non-hydrogen) atoms. The Labute approximate surface area is 110 Å². The fraction of sp³-hybridized carbons (Fsp3) is 0.0833. The van der Waals surface area contributed by atoms with Crippen LogP contribution in [0.2, 0.25) is 5.02 Å². The fourth-order valence-corrected chi connectivity index (χ4v) is 1.61. The lowest BCUT2D eigenvalue weighted by Gasteiger charge is -2.10. The van der Waals surface area contributed by atoms with Crippen LogP contribution in [0.1, 0.15) is 0 Å². The van der Waals surface area contributed by atoms with Gasteiger partial charge in [-0.15, -0.1) is 13.2 Å². The molecular formula is C12H6ClF4NO. The van der Waals surface area contributed by atoms with Crippen molar-refractivity contribution in [3.63, 3.8) is 0 Å². The number of ether oxygens (including phenoxy) is 1. The minimum atomic E-state index is -4.80. The molecule has 1 aromatic carbocycles. The van der Waals surface area contributed by atoms with E-state index in [1.807, 2.05) is 0 Å². The smallest absolute Gasteiger partial charge is 0.406 e. The molecule has 2 nitrogen and oxygen atoms in total. The predicted octanol–water partition coefficient (Wildman–Crippen LogP) is 4.44. The Morgan fingerprint density at radius 2 is 1.89 bits per heavy atom. The van der Waals surface area contributed by atoms with Crippen molar-refractivity contribution in [2.45, 2.75) is 6.36 Å². The summed E-state index contributed by atoms with van der Waals surface area (Å²) in [6, 6.07) is 5.92. The van der Waals surface area contributed by atoms with Crippen LogP contribution in [0.25, 0.3) is 11.3 Å². The zero-order valence-electron chi connectivity index (χ0n) is 9.21. The second kappa shape index (κ2) is 5.05.